The lowest BCUT2D eigenvalue weighted by atomic mass is 10.0. The molecule has 0 saturated carbocycles. The summed E-state index contributed by atoms with van der Waals surface area (Å²) in [6.07, 6.45) is 17.9. The first-order valence-corrected chi connectivity index (χ1v) is 10.8. The molecule has 0 aromatic heterocycles. The molecule has 26 heavy (non-hydrogen) atoms. The summed E-state index contributed by atoms with van der Waals surface area (Å²) in [6.45, 7) is 3.06. The lowest BCUT2D eigenvalue weighted by molar-refractivity contribution is -0.135. The minimum absolute atomic E-state index is 0.0803. The second-order valence-electron chi connectivity index (χ2n) is 7.34. The Morgan fingerprint density at radius 3 is 1.54 bits per heavy atom. The van der Waals surface area contributed by atoms with E-state index >= 15 is 0 Å². The van der Waals surface area contributed by atoms with E-state index in [1.165, 1.54) is 77.0 Å². The molecule has 0 aliphatic rings. The molecule has 0 spiro atoms. The Kier molecular flexibility index (Phi) is 17.9. The van der Waals surface area contributed by atoms with Gasteiger partial charge in [-0.1, -0.05) is 90.4 Å². The van der Waals surface area contributed by atoms with Gasteiger partial charge < -0.3 is 15.7 Å². The maximum Gasteiger partial charge on any atom is 0.232 e. The van der Waals surface area contributed by atoms with E-state index in [9.17, 15) is 9.59 Å². The fourth-order valence-electron chi connectivity index (χ4n) is 3.24. The van der Waals surface area contributed by atoms with Crippen molar-refractivity contribution in [2.75, 3.05) is 19.7 Å². The van der Waals surface area contributed by atoms with E-state index in [4.69, 9.17) is 10.8 Å². The SMILES string of the molecule is CCCCCCCCCCCCCCCCN(CCO)C(=O)CC(N)=O. The van der Waals surface area contributed by atoms with Crippen molar-refractivity contribution in [2.24, 2.45) is 5.73 Å². The van der Waals surface area contributed by atoms with Crippen LogP contribution in [-0.4, -0.2) is 41.5 Å². The minimum Gasteiger partial charge on any atom is -0.395 e. The van der Waals surface area contributed by atoms with Gasteiger partial charge in [0.25, 0.3) is 0 Å². The Labute approximate surface area is 160 Å². The number of rotatable bonds is 19. The van der Waals surface area contributed by atoms with Gasteiger partial charge in [-0.3, -0.25) is 9.59 Å². The van der Waals surface area contributed by atoms with Gasteiger partial charge in [0.2, 0.25) is 11.8 Å². The van der Waals surface area contributed by atoms with Crippen molar-refractivity contribution in [3.05, 3.63) is 0 Å². The van der Waals surface area contributed by atoms with Gasteiger partial charge in [-0.05, 0) is 6.42 Å². The van der Waals surface area contributed by atoms with Gasteiger partial charge in [0, 0.05) is 13.1 Å². The maximum absolute atomic E-state index is 11.8. The van der Waals surface area contributed by atoms with Crippen LogP contribution in [0, 0.1) is 0 Å². The molecule has 154 valence electrons. The molecule has 0 fully saturated rings. The molecular weight excluding hydrogens is 328 g/mol. The van der Waals surface area contributed by atoms with Gasteiger partial charge in [0.15, 0.2) is 0 Å². The number of hydrogen-bond acceptors (Lipinski definition) is 3. The van der Waals surface area contributed by atoms with Crippen molar-refractivity contribution in [3.63, 3.8) is 0 Å². The molecule has 5 nitrogen and oxygen atoms in total. The summed E-state index contributed by atoms with van der Waals surface area (Å²) in [5.41, 5.74) is 5.06. The molecule has 0 radical (unpaired) electrons. The molecule has 0 heterocycles. The molecule has 0 bridgehead atoms. The quantitative estimate of drug-likeness (QED) is 0.264. The van der Waals surface area contributed by atoms with Crippen molar-refractivity contribution in [3.8, 4) is 0 Å². The van der Waals surface area contributed by atoms with Gasteiger partial charge in [-0.2, -0.15) is 0 Å². The standard InChI is InChI=1S/C21H42N2O3/c1-2-3-4-5-6-7-8-9-10-11-12-13-14-15-16-23(17-18-24)21(26)19-20(22)25/h24H,2-19H2,1H3,(H2,22,25). The normalized spacial score (nSPS) is 10.8. The highest BCUT2D eigenvalue weighted by Gasteiger charge is 2.14. The Morgan fingerprint density at radius 1 is 0.731 bits per heavy atom. The monoisotopic (exact) mass is 370 g/mol. The van der Waals surface area contributed by atoms with Crippen LogP contribution in [0.15, 0.2) is 0 Å². The number of nitrogens with two attached hydrogens (primary N) is 1. The van der Waals surface area contributed by atoms with Crippen LogP contribution < -0.4 is 5.73 Å². The fraction of sp³-hybridized carbons (Fsp3) is 0.905. The van der Waals surface area contributed by atoms with Crippen LogP contribution in [0.3, 0.4) is 0 Å². The number of unbranched alkanes of at least 4 members (excludes halogenated alkanes) is 13. The van der Waals surface area contributed by atoms with E-state index in [2.05, 4.69) is 6.92 Å². The summed E-state index contributed by atoms with van der Waals surface area (Å²) >= 11 is 0. The predicted octanol–water partition coefficient (Wildman–Crippen LogP) is 4.16. The first-order valence-electron chi connectivity index (χ1n) is 10.8. The average molecular weight is 371 g/mol. The van der Waals surface area contributed by atoms with Crippen LogP contribution in [0.1, 0.15) is 103 Å². The zero-order valence-electron chi connectivity index (χ0n) is 17.0. The van der Waals surface area contributed by atoms with Crippen molar-refractivity contribution in [2.45, 2.75) is 103 Å². The van der Waals surface area contributed by atoms with E-state index in [-0.39, 0.29) is 25.5 Å². The number of aliphatic hydroxyl groups is 1. The Balaban J connectivity index is 3.45. The molecule has 0 unspecified atom stereocenters. The van der Waals surface area contributed by atoms with E-state index in [1.807, 2.05) is 0 Å². The largest absolute Gasteiger partial charge is 0.395 e. The van der Waals surface area contributed by atoms with Crippen molar-refractivity contribution < 1.29 is 14.7 Å². The summed E-state index contributed by atoms with van der Waals surface area (Å²) in [4.78, 5) is 24.2. The van der Waals surface area contributed by atoms with Crippen LogP contribution in [-0.2, 0) is 9.59 Å². The van der Waals surface area contributed by atoms with Crippen molar-refractivity contribution in [1.29, 1.82) is 0 Å². The zero-order valence-corrected chi connectivity index (χ0v) is 17.0. The third-order valence-corrected chi connectivity index (χ3v) is 4.83. The molecule has 5 heteroatoms. The molecule has 0 aromatic rings. The molecule has 0 saturated heterocycles. The summed E-state index contributed by atoms with van der Waals surface area (Å²) < 4.78 is 0. The third kappa shape index (κ3) is 16.4. The topological polar surface area (TPSA) is 83.6 Å². The molecule has 0 aliphatic carbocycles. The number of hydrogen-bond donors (Lipinski definition) is 2. The van der Waals surface area contributed by atoms with Crippen LogP contribution in [0.25, 0.3) is 0 Å². The Hall–Kier alpha value is -1.10. The summed E-state index contributed by atoms with van der Waals surface area (Å²) in [5.74, 6) is -0.889. The first kappa shape index (κ1) is 24.9. The second-order valence-corrected chi connectivity index (χ2v) is 7.34. The van der Waals surface area contributed by atoms with Crippen LogP contribution >= 0.6 is 0 Å². The Bertz CT molecular complexity index is 348. The van der Waals surface area contributed by atoms with Crippen molar-refractivity contribution >= 4 is 11.8 Å². The predicted molar refractivity (Wildman–Crippen MR) is 108 cm³/mol. The Morgan fingerprint density at radius 2 is 1.15 bits per heavy atom. The molecule has 0 aromatic carbocycles. The van der Waals surface area contributed by atoms with Crippen LogP contribution in [0.4, 0.5) is 0 Å². The molecule has 0 aliphatic heterocycles. The smallest absolute Gasteiger partial charge is 0.232 e. The molecule has 0 rings (SSSR count). The third-order valence-electron chi connectivity index (χ3n) is 4.83. The number of carbonyl (C=O) groups excluding carboxylic acids is 2. The summed E-state index contributed by atoms with van der Waals surface area (Å²) in [6, 6.07) is 0. The van der Waals surface area contributed by atoms with Crippen molar-refractivity contribution in [1.82, 2.24) is 4.90 Å². The van der Waals surface area contributed by atoms with E-state index in [1.54, 1.807) is 4.90 Å². The average Bonchev–Trinajstić information content (AvgIpc) is 2.60. The number of nitrogens with zero attached hydrogens (tertiary/aromatic N) is 1. The highest BCUT2D eigenvalue weighted by atomic mass is 16.3. The number of carbonyl (C=O) groups is 2. The van der Waals surface area contributed by atoms with E-state index < -0.39 is 5.91 Å². The van der Waals surface area contributed by atoms with Crippen LogP contribution in [0.5, 0.6) is 0 Å². The summed E-state index contributed by atoms with van der Waals surface area (Å²) in [7, 11) is 0. The first-order chi connectivity index (χ1) is 12.6. The molecule has 3 N–H and O–H groups in total. The maximum atomic E-state index is 11.8. The van der Waals surface area contributed by atoms with Gasteiger partial charge in [0.1, 0.15) is 6.42 Å². The minimum atomic E-state index is -0.612. The highest BCUT2D eigenvalue weighted by molar-refractivity contribution is 5.96. The van der Waals surface area contributed by atoms with Gasteiger partial charge >= 0.3 is 0 Å². The van der Waals surface area contributed by atoms with Gasteiger partial charge in [0.05, 0.1) is 6.61 Å². The lowest BCUT2D eigenvalue weighted by Crippen LogP contribution is -2.36. The molecular formula is C21H42N2O3. The van der Waals surface area contributed by atoms with Gasteiger partial charge in [-0.15, -0.1) is 0 Å². The highest BCUT2D eigenvalue weighted by Crippen LogP contribution is 2.13. The van der Waals surface area contributed by atoms with E-state index in [0.717, 1.165) is 12.8 Å². The van der Waals surface area contributed by atoms with Crippen LogP contribution in [0.2, 0.25) is 0 Å². The zero-order chi connectivity index (χ0) is 19.5. The van der Waals surface area contributed by atoms with Gasteiger partial charge in [-0.25, -0.2) is 0 Å². The molecule has 0 atom stereocenters. The second kappa shape index (κ2) is 18.7. The van der Waals surface area contributed by atoms with E-state index in [0.29, 0.717) is 6.54 Å². The fourth-order valence-corrected chi connectivity index (χ4v) is 3.24. The summed E-state index contributed by atoms with van der Waals surface area (Å²) in [5, 5.41) is 9.02. The number of primary amides is 1. The lowest BCUT2D eigenvalue weighted by Gasteiger charge is -2.21. The molecule has 2 amide bonds. The number of amides is 2. The number of aliphatic hydroxyl groups excluding tert-OH is 1.